The lowest BCUT2D eigenvalue weighted by molar-refractivity contribution is 0.124. The number of hydrogen-bond acceptors (Lipinski definition) is 3. The molecule has 1 unspecified atom stereocenters. The van der Waals surface area contributed by atoms with Crippen LogP contribution >= 0.6 is 0 Å². The van der Waals surface area contributed by atoms with Crippen LogP contribution in [0.15, 0.2) is 48.5 Å². The van der Waals surface area contributed by atoms with E-state index >= 15 is 0 Å². The van der Waals surface area contributed by atoms with Crippen LogP contribution in [-0.2, 0) is 11.3 Å². The lowest BCUT2D eigenvalue weighted by atomic mass is 9.86. The molecule has 4 nitrogen and oxygen atoms in total. The molecule has 2 aromatic carbocycles. The summed E-state index contributed by atoms with van der Waals surface area (Å²) >= 11 is 0. The molecule has 0 bridgehead atoms. The van der Waals surface area contributed by atoms with E-state index in [9.17, 15) is 13.6 Å². The number of benzene rings is 2. The maximum atomic E-state index is 13.8. The number of hydrogen-bond donors (Lipinski definition) is 2. The zero-order valence-corrected chi connectivity index (χ0v) is 14.5. The highest BCUT2D eigenvalue weighted by Crippen LogP contribution is 2.26. The summed E-state index contributed by atoms with van der Waals surface area (Å²) in [7, 11) is 0. The number of amides is 1. The molecule has 0 aliphatic heterocycles. The highest BCUT2D eigenvalue weighted by Gasteiger charge is 2.32. The van der Waals surface area contributed by atoms with E-state index in [0.717, 1.165) is 5.56 Å². The summed E-state index contributed by atoms with van der Waals surface area (Å²) in [6.45, 7) is 1.96. The quantitative estimate of drug-likeness (QED) is 0.816. The van der Waals surface area contributed by atoms with Gasteiger partial charge >= 0.3 is 6.09 Å². The summed E-state index contributed by atoms with van der Waals surface area (Å²) in [4.78, 5) is 11.8. The maximum absolute atomic E-state index is 13.8. The third-order valence-electron chi connectivity index (χ3n) is 4.59. The van der Waals surface area contributed by atoms with Crippen LogP contribution in [0.2, 0.25) is 0 Å². The number of rotatable bonds is 6. The normalized spacial score (nSPS) is 20.1. The lowest BCUT2D eigenvalue weighted by Gasteiger charge is -2.38. The molecule has 1 saturated carbocycles. The minimum Gasteiger partial charge on any atom is -0.445 e. The molecule has 1 aliphatic rings. The molecule has 0 heterocycles. The maximum Gasteiger partial charge on any atom is 0.407 e. The molecule has 0 radical (unpaired) electrons. The summed E-state index contributed by atoms with van der Waals surface area (Å²) in [5.74, 6) is -1.10. The predicted molar refractivity (Wildman–Crippen MR) is 94.5 cm³/mol. The molecule has 2 aromatic rings. The van der Waals surface area contributed by atoms with Gasteiger partial charge in [0.1, 0.15) is 18.2 Å². The molecular weight excluding hydrogens is 338 g/mol. The van der Waals surface area contributed by atoms with Crippen LogP contribution in [-0.4, -0.2) is 18.2 Å². The van der Waals surface area contributed by atoms with Crippen molar-refractivity contribution in [2.45, 2.75) is 44.5 Å². The molecule has 138 valence electrons. The minimum atomic E-state index is -0.552. The van der Waals surface area contributed by atoms with Gasteiger partial charge in [0.2, 0.25) is 0 Å². The van der Waals surface area contributed by atoms with Crippen molar-refractivity contribution >= 4 is 6.09 Å². The fraction of sp³-hybridized carbons (Fsp3) is 0.350. The number of alkyl carbamates (subject to hydrolysis) is 1. The first kappa shape index (κ1) is 18.3. The molecule has 6 heteroatoms. The summed E-state index contributed by atoms with van der Waals surface area (Å²) in [5.41, 5.74) is 0.975. The Kier molecular flexibility index (Phi) is 5.83. The Labute approximate surface area is 151 Å². The number of carbonyl (C=O) groups is 1. The Morgan fingerprint density at radius 1 is 1.08 bits per heavy atom. The van der Waals surface area contributed by atoms with Gasteiger partial charge in [-0.15, -0.1) is 0 Å². The van der Waals surface area contributed by atoms with Crippen molar-refractivity contribution in [1.82, 2.24) is 10.6 Å². The third kappa shape index (κ3) is 4.58. The molecule has 1 amide bonds. The van der Waals surface area contributed by atoms with Crippen LogP contribution in [0.25, 0.3) is 0 Å². The molecule has 26 heavy (non-hydrogen) atoms. The highest BCUT2D eigenvalue weighted by atomic mass is 19.1. The smallest absolute Gasteiger partial charge is 0.407 e. The van der Waals surface area contributed by atoms with Gasteiger partial charge in [-0.25, -0.2) is 13.6 Å². The van der Waals surface area contributed by atoms with Crippen LogP contribution < -0.4 is 10.6 Å². The molecule has 1 atom stereocenters. The fourth-order valence-electron chi connectivity index (χ4n) is 3.16. The zero-order valence-electron chi connectivity index (χ0n) is 14.5. The van der Waals surface area contributed by atoms with Gasteiger partial charge in [0.05, 0.1) is 0 Å². The van der Waals surface area contributed by atoms with Crippen molar-refractivity contribution < 1.29 is 18.3 Å². The van der Waals surface area contributed by atoms with Gasteiger partial charge in [-0.2, -0.15) is 0 Å². The van der Waals surface area contributed by atoms with Crippen molar-refractivity contribution in [3.8, 4) is 0 Å². The van der Waals surface area contributed by atoms with Gasteiger partial charge in [0, 0.05) is 23.7 Å². The van der Waals surface area contributed by atoms with Crippen molar-refractivity contribution in [2.24, 2.45) is 0 Å². The summed E-state index contributed by atoms with van der Waals surface area (Å²) in [6, 6.07) is 13.0. The van der Waals surface area contributed by atoms with Gasteiger partial charge in [-0.3, -0.25) is 0 Å². The Morgan fingerprint density at radius 2 is 1.73 bits per heavy atom. The Balaban J connectivity index is 1.39. The predicted octanol–water partition coefficient (Wildman–Crippen LogP) is 4.07. The number of ether oxygens (including phenoxy) is 1. The lowest BCUT2D eigenvalue weighted by Crippen LogP contribution is -2.53. The van der Waals surface area contributed by atoms with Crippen molar-refractivity contribution in [3.05, 3.63) is 71.3 Å². The Bertz CT molecular complexity index is 728. The van der Waals surface area contributed by atoms with E-state index in [1.165, 1.54) is 18.2 Å². The SMILES string of the molecule is CC(NC1CC(NC(=O)OCc2ccccc2)C1)c1c(F)cccc1F. The first-order valence-corrected chi connectivity index (χ1v) is 8.70. The Hall–Kier alpha value is -2.47. The third-order valence-corrected chi connectivity index (χ3v) is 4.59. The van der Waals surface area contributed by atoms with E-state index in [-0.39, 0.29) is 24.3 Å². The minimum absolute atomic E-state index is 0.00782. The van der Waals surface area contributed by atoms with E-state index in [4.69, 9.17) is 4.74 Å². The van der Waals surface area contributed by atoms with Crippen molar-refractivity contribution in [2.75, 3.05) is 0 Å². The van der Waals surface area contributed by atoms with Crippen molar-refractivity contribution in [1.29, 1.82) is 0 Å². The molecule has 0 spiro atoms. The van der Waals surface area contributed by atoms with Gasteiger partial charge in [0.25, 0.3) is 0 Å². The number of halogens is 2. The van der Waals surface area contributed by atoms with Crippen LogP contribution in [0.3, 0.4) is 0 Å². The average Bonchev–Trinajstić information content (AvgIpc) is 2.59. The van der Waals surface area contributed by atoms with E-state index in [1.54, 1.807) is 6.92 Å². The molecule has 2 N–H and O–H groups in total. The molecule has 1 fully saturated rings. The summed E-state index contributed by atoms with van der Waals surface area (Å²) in [6.07, 6.45) is 0.937. The monoisotopic (exact) mass is 360 g/mol. The average molecular weight is 360 g/mol. The van der Waals surface area contributed by atoms with E-state index in [2.05, 4.69) is 10.6 Å². The van der Waals surface area contributed by atoms with Gasteiger partial charge in [0.15, 0.2) is 0 Å². The first-order valence-electron chi connectivity index (χ1n) is 8.70. The zero-order chi connectivity index (χ0) is 18.5. The molecular formula is C20H22F2N2O2. The fourth-order valence-corrected chi connectivity index (χ4v) is 3.16. The highest BCUT2D eigenvalue weighted by molar-refractivity contribution is 5.67. The molecule has 0 aromatic heterocycles. The standard InChI is InChI=1S/C20H22F2N2O2/c1-13(19-17(21)8-5-9-18(19)22)23-15-10-16(11-15)24-20(25)26-12-14-6-3-2-4-7-14/h2-9,13,15-16,23H,10-12H2,1H3,(H,24,25). The van der Waals surface area contributed by atoms with E-state index in [1.807, 2.05) is 30.3 Å². The van der Waals surface area contributed by atoms with Crippen LogP contribution in [0.1, 0.15) is 36.9 Å². The molecule has 0 saturated heterocycles. The number of nitrogens with one attached hydrogen (secondary N) is 2. The number of carbonyl (C=O) groups excluding carboxylic acids is 1. The topological polar surface area (TPSA) is 50.4 Å². The van der Waals surface area contributed by atoms with Crippen molar-refractivity contribution in [3.63, 3.8) is 0 Å². The summed E-state index contributed by atoms with van der Waals surface area (Å²) in [5, 5.41) is 6.01. The second-order valence-electron chi connectivity index (χ2n) is 6.60. The Morgan fingerprint density at radius 3 is 2.38 bits per heavy atom. The second-order valence-corrected chi connectivity index (χ2v) is 6.60. The van der Waals surface area contributed by atoms with Crippen LogP contribution in [0.4, 0.5) is 13.6 Å². The van der Waals surface area contributed by atoms with Gasteiger partial charge < -0.3 is 15.4 Å². The molecule has 1 aliphatic carbocycles. The van der Waals surface area contributed by atoms with E-state index in [0.29, 0.717) is 12.8 Å². The van der Waals surface area contributed by atoms with Crippen LogP contribution in [0, 0.1) is 11.6 Å². The van der Waals surface area contributed by atoms with E-state index < -0.39 is 23.8 Å². The van der Waals surface area contributed by atoms with Gasteiger partial charge in [-0.1, -0.05) is 36.4 Å². The first-order chi connectivity index (χ1) is 12.5. The van der Waals surface area contributed by atoms with Gasteiger partial charge in [-0.05, 0) is 37.5 Å². The second kappa shape index (κ2) is 8.27. The summed E-state index contributed by atoms with van der Waals surface area (Å²) < 4.78 is 32.8. The van der Waals surface area contributed by atoms with Crippen LogP contribution in [0.5, 0.6) is 0 Å². The molecule has 3 rings (SSSR count). The largest absolute Gasteiger partial charge is 0.445 e.